The molecule has 0 fully saturated rings. The van der Waals surface area contributed by atoms with Gasteiger partial charge in [-0.2, -0.15) is 0 Å². The van der Waals surface area contributed by atoms with Gasteiger partial charge in [0.05, 0.1) is 19.1 Å². The monoisotopic (exact) mass is 627 g/mol. The zero-order chi connectivity index (χ0) is 31.8. The van der Waals surface area contributed by atoms with Crippen LogP contribution in [0.1, 0.15) is 50.3 Å². The van der Waals surface area contributed by atoms with Crippen LogP contribution in [-0.2, 0) is 32.6 Å². The zero-order valence-corrected chi connectivity index (χ0v) is 27.3. The van der Waals surface area contributed by atoms with Crippen LogP contribution in [0.15, 0.2) is 72.8 Å². The van der Waals surface area contributed by atoms with Crippen LogP contribution in [0.3, 0.4) is 0 Å². The molecule has 3 rings (SSSR count). The highest BCUT2D eigenvalue weighted by molar-refractivity contribution is 7.92. The third kappa shape index (κ3) is 10.0. The number of ether oxygens (including phenoxy) is 1. The molecule has 3 aromatic carbocycles. The number of anilines is 1. The van der Waals surface area contributed by atoms with E-state index in [1.54, 1.807) is 37.1 Å². The maximum absolute atomic E-state index is 14.0. The lowest BCUT2D eigenvalue weighted by atomic mass is 10.00. The molecular formula is C33H42ClN3O5S. The highest BCUT2D eigenvalue weighted by Crippen LogP contribution is 2.29. The van der Waals surface area contributed by atoms with Gasteiger partial charge in [0, 0.05) is 36.5 Å². The fourth-order valence-corrected chi connectivity index (χ4v) is 6.01. The number of nitrogens with zero attached hydrogens (tertiary/aromatic N) is 2. The number of carbonyl (C=O) groups is 2. The number of rotatable bonds is 13. The third-order valence-electron chi connectivity index (χ3n) is 6.92. The van der Waals surface area contributed by atoms with Crippen molar-refractivity contribution in [1.82, 2.24) is 10.2 Å². The van der Waals surface area contributed by atoms with Crippen molar-refractivity contribution < 1.29 is 22.7 Å². The van der Waals surface area contributed by atoms with Crippen LogP contribution < -0.4 is 14.4 Å². The van der Waals surface area contributed by atoms with Crippen LogP contribution in [0.25, 0.3) is 0 Å². The Kier molecular flexibility index (Phi) is 11.6. The average Bonchev–Trinajstić information content (AvgIpc) is 2.93. The predicted molar refractivity (Wildman–Crippen MR) is 173 cm³/mol. The number of benzene rings is 3. The van der Waals surface area contributed by atoms with Gasteiger partial charge in [-0.05, 0) is 75.1 Å². The Morgan fingerprint density at radius 1 is 0.977 bits per heavy atom. The molecule has 1 atom stereocenters. The first-order valence-corrected chi connectivity index (χ1v) is 16.4. The van der Waals surface area contributed by atoms with E-state index < -0.39 is 21.6 Å². The summed E-state index contributed by atoms with van der Waals surface area (Å²) in [4.78, 5) is 29.4. The highest BCUT2D eigenvalue weighted by atomic mass is 35.5. The van der Waals surface area contributed by atoms with Gasteiger partial charge < -0.3 is 15.0 Å². The maximum atomic E-state index is 14.0. The predicted octanol–water partition coefficient (Wildman–Crippen LogP) is 5.76. The van der Waals surface area contributed by atoms with E-state index in [9.17, 15) is 18.0 Å². The number of methoxy groups -OCH3 is 1. The van der Waals surface area contributed by atoms with Gasteiger partial charge in [0.2, 0.25) is 21.8 Å². The smallest absolute Gasteiger partial charge is 0.243 e. The van der Waals surface area contributed by atoms with Crippen molar-refractivity contribution in [3.63, 3.8) is 0 Å². The van der Waals surface area contributed by atoms with Crippen molar-refractivity contribution in [2.24, 2.45) is 0 Å². The van der Waals surface area contributed by atoms with Gasteiger partial charge >= 0.3 is 0 Å². The largest absolute Gasteiger partial charge is 0.497 e. The summed E-state index contributed by atoms with van der Waals surface area (Å²) >= 11 is 6.28. The third-order valence-corrected chi connectivity index (χ3v) is 8.51. The number of carbonyl (C=O) groups excluding carboxylic acids is 2. The molecule has 1 N–H and O–H groups in total. The molecule has 2 amide bonds. The van der Waals surface area contributed by atoms with Crippen LogP contribution in [0, 0.1) is 6.92 Å². The SMILES string of the molecule is COc1cccc(CN(C(=O)CCCN(c2cccc(Cl)c2C)S(C)(=O)=O)C(Cc2ccccc2)C(=O)NC(C)(C)C)c1. The first-order valence-electron chi connectivity index (χ1n) is 14.2. The first kappa shape index (κ1) is 33.9. The van der Waals surface area contributed by atoms with Gasteiger partial charge in [0.25, 0.3) is 0 Å². The highest BCUT2D eigenvalue weighted by Gasteiger charge is 2.32. The van der Waals surface area contributed by atoms with E-state index in [2.05, 4.69) is 5.32 Å². The van der Waals surface area contributed by atoms with Crippen molar-refractivity contribution in [1.29, 1.82) is 0 Å². The van der Waals surface area contributed by atoms with Gasteiger partial charge in [-0.25, -0.2) is 8.42 Å². The molecule has 0 radical (unpaired) electrons. The molecule has 0 aliphatic carbocycles. The number of sulfonamides is 1. The molecule has 8 nitrogen and oxygen atoms in total. The Balaban J connectivity index is 1.94. The summed E-state index contributed by atoms with van der Waals surface area (Å²) in [5.41, 5.74) is 2.33. The molecule has 0 aromatic heterocycles. The van der Waals surface area contributed by atoms with E-state index in [1.165, 1.54) is 4.31 Å². The minimum Gasteiger partial charge on any atom is -0.497 e. The first-order chi connectivity index (χ1) is 20.2. The van der Waals surface area contributed by atoms with E-state index in [1.807, 2.05) is 75.4 Å². The molecule has 1 unspecified atom stereocenters. The molecule has 0 saturated heterocycles. The Labute approximate surface area is 261 Å². The summed E-state index contributed by atoms with van der Waals surface area (Å²) in [5.74, 6) is 0.119. The van der Waals surface area contributed by atoms with Gasteiger partial charge in [-0.1, -0.05) is 60.1 Å². The molecule has 0 saturated carbocycles. The van der Waals surface area contributed by atoms with E-state index in [0.29, 0.717) is 28.4 Å². The lowest BCUT2D eigenvalue weighted by molar-refractivity contribution is -0.142. The normalized spacial score (nSPS) is 12.3. The Bertz CT molecular complexity index is 1510. The maximum Gasteiger partial charge on any atom is 0.243 e. The topological polar surface area (TPSA) is 96.0 Å². The van der Waals surface area contributed by atoms with Crippen LogP contribution in [0.4, 0.5) is 5.69 Å². The lowest BCUT2D eigenvalue weighted by Gasteiger charge is -2.34. The summed E-state index contributed by atoms with van der Waals surface area (Å²) in [7, 11) is -2.08. The molecule has 0 heterocycles. The van der Waals surface area contributed by atoms with Gasteiger partial charge in [0.1, 0.15) is 11.8 Å². The lowest BCUT2D eigenvalue weighted by Crippen LogP contribution is -2.54. The van der Waals surface area contributed by atoms with Crippen LogP contribution >= 0.6 is 11.6 Å². The molecular weight excluding hydrogens is 586 g/mol. The second kappa shape index (κ2) is 14.8. The molecule has 10 heteroatoms. The second-order valence-electron chi connectivity index (χ2n) is 11.6. The molecule has 0 spiro atoms. The quantitative estimate of drug-likeness (QED) is 0.260. The van der Waals surface area contributed by atoms with Crippen molar-refractivity contribution >= 4 is 39.1 Å². The molecule has 0 aliphatic heterocycles. The molecule has 0 bridgehead atoms. The standard InChI is InChI=1S/C33H42ClN3O5S/c1-24-28(34)17-11-18-29(24)37(43(6,40)41)20-12-19-31(38)36(23-26-15-10-16-27(21-26)42-5)30(32(39)35-33(2,3)4)22-25-13-8-7-9-14-25/h7-11,13-18,21,30H,12,19-20,22-23H2,1-6H3,(H,35,39). The summed E-state index contributed by atoms with van der Waals surface area (Å²) in [6, 6.07) is 21.3. The van der Waals surface area contributed by atoms with Crippen molar-refractivity contribution in [3.8, 4) is 5.75 Å². The fraction of sp³-hybridized carbons (Fsp3) is 0.394. The number of halogens is 1. The number of amides is 2. The van der Waals surface area contributed by atoms with Crippen molar-refractivity contribution in [3.05, 3.63) is 94.5 Å². The van der Waals surface area contributed by atoms with Crippen LogP contribution in [-0.4, -0.2) is 56.6 Å². The van der Waals surface area contributed by atoms with Crippen LogP contribution in [0.5, 0.6) is 5.75 Å². The summed E-state index contributed by atoms with van der Waals surface area (Å²) in [6.07, 6.45) is 1.72. The van der Waals surface area contributed by atoms with Crippen molar-refractivity contribution in [2.75, 3.05) is 24.2 Å². The molecule has 3 aromatic rings. The Morgan fingerprint density at radius 2 is 1.63 bits per heavy atom. The Morgan fingerprint density at radius 3 is 2.26 bits per heavy atom. The molecule has 232 valence electrons. The summed E-state index contributed by atoms with van der Waals surface area (Å²) in [6.45, 7) is 7.71. The number of nitrogens with one attached hydrogen (secondary N) is 1. The average molecular weight is 628 g/mol. The Hall–Kier alpha value is -3.56. The summed E-state index contributed by atoms with van der Waals surface area (Å²) in [5, 5.41) is 3.51. The molecule has 0 aliphatic rings. The van der Waals surface area contributed by atoms with Gasteiger partial charge in [-0.3, -0.25) is 13.9 Å². The van der Waals surface area contributed by atoms with Gasteiger partial charge in [-0.15, -0.1) is 0 Å². The number of hydrogen-bond acceptors (Lipinski definition) is 5. The minimum absolute atomic E-state index is 0.0314. The minimum atomic E-state index is -3.65. The van der Waals surface area contributed by atoms with Crippen LogP contribution in [0.2, 0.25) is 5.02 Å². The zero-order valence-electron chi connectivity index (χ0n) is 25.8. The van der Waals surface area contributed by atoms with Crippen molar-refractivity contribution in [2.45, 2.75) is 65.1 Å². The fourth-order valence-electron chi connectivity index (χ4n) is 4.82. The molecule has 43 heavy (non-hydrogen) atoms. The summed E-state index contributed by atoms with van der Waals surface area (Å²) < 4.78 is 32.2. The van der Waals surface area contributed by atoms with E-state index >= 15 is 0 Å². The number of hydrogen-bond donors (Lipinski definition) is 1. The van der Waals surface area contributed by atoms with E-state index in [4.69, 9.17) is 16.3 Å². The second-order valence-corrected chi connectivity index (χ2v) is 14.0. The van der Waals surface area contributed by atoms with E-state index in [0.717, 1.165) is 17.4 Å². The van der Waals surface area contributed by atoms with Gasteiger partial charge in [0.15, 0.2) is 0 Å². The van der Waals surface area contributed by atoms with E-state index in [-0.39, 0.29) is 37.7 Å².